The van der Waals surface area contributed by atoms with Crippen molar-refractivity contribution in [1.82, 2.24) is 15.3 Å². The molecule has 0 aliphatic carbocycles. The van der Waals surface area contributed by atoms with Gasteiger partial charge < -0.3 is 10.1 Å². The van der Waals surface area contributed by atoms with E-state index >= 15 is 0 Å². The van der Waals surface area contributed by atoms with Crippen LogP contribution in [0.2, 0.25) is 0 Å². The summed E-state index contributed by atoms with van der Waals surface area (Å²) >= 11 is 0. The number of imide groups is 1. The molecule has 0 unspecified atom stereocenters. The van der Waals surface area contributed by atoms with Crippen LogP contribution in [0.4, 0.5) is 4.79 Å². The van der Waals surface area contributed by atoms with E-state index in [1.165, 1.54) is 26.2 Å². The van der Waals surface area contributed by atoms with Crippen molar-refractivity contribution in [1.29, 1.82) is 0 Å². The molecule has 0 fully saturated rings. The number of ether oxygens (including phenoxy) is 1. The zero-order chi connectivity index (χ0) is 18.7. The van der Waals surface area contributed by atoms with Crippen LogP contribution < -0.4 is 5.32 Å². The monoisotopic (exact) mass is 347 g/mol. The highest BCUT2D eigenvalue weighted by molar-refractivity contribution is 6.21. The summed E-state index contributed by atoms with van der Waals surface area (Å²) in [5.74, 6) is -1.77. The van der Waals surface area contributed by atoms with Gasteiger partial charge in [0, 0.05) is 6.54 Å². The van der Waals surface area contributed by atoms with Crippen LogP contribution in [0.3, 0.4) is 0 Å². The van der Waals surface area contributed by atoms with Gasteiger partial charge in [-0.05, 0) is 25.0 Å². The maximum atomic E-state index is 12.6. The average Bonchev–Trinajstić information content (AvgIpc) is 2.83. The zero-order valence-corrected chi connectivity index (χ0v) is 14.6. The number of hydrazine groups is 1. The molecule has 1 aliphatic heterocycles. The molecular weight excluding hydrogens is 326 g/mol. The van der Waals surface area contributed by atoms with Gasteiger partial charge >= 0.3 is 12.0 Å². The number of nitrogens with one attached hydrogen (secondary N) is 1. The number of rotatable bonds is 5. The molecule has 1 atom stereocenters. The molecule has 0 saturated carbocycles. The van der Waals surface area contributed by atoms with Crippen LogP contribution in [-0.4, -0.2) is 53.5 Å². The Morgan fingerprint density at radius 2 is 1.64 bits per heavy atom. The van der Waals surface area contributed by atoms with Crippen molar-refractivity contribution < 1.29 is 23.9 Å². The van der Waals surface area contributed by atoms with Crippen LogP contribution in [0.15, 0.2) is 24.3 Å². The minimum atomic E-state index is -0.914. The van der Waals surface area contributed by atoms with Crippen LogP contribution in [0.1, 0.15) is 41.5 Å². The van der Waals surface area contributed by atoms with Crippen LogP contribution >= 0.6 is 0 Å². The van der Waals surface area contributed by atoms with Crippen molar-refractivity contribution >= 4 is 23.8 Å². The third-order valence-electron chi connectivity index (χ3n) is 3.68. The van der Waals surface area contributed by atoms with E-state index in [4.69, 9.17) is 0 Å². The lowest BCUT2D eigenvalue weighted by molar-refractivity contribution is -0.142. The minimum Gasteiger partial charge on any atom is -0.467 e. The lowest BCUT2D eigenvalue weighted by atomic mass is 10.1. The van der Waals surface area contributed by atoms with E-state index in [1.54, 1.807) is 12.1 Å². The van der Waals surface area contributed by atoms with E-state index in [0.717, 1.165) is 10.0 Å². The predicted molar refractivity (Wildman–Crippen MR) is 88.5 cm³/mol. The second kappa shape index (κ2) is 7.33. The maximum Gasteiger partial charge on any atom is 0.337 e. The molecule has 1 heterocycles. The summed E-state index contributed by atoms with van der Waals surface area (Å²) in [6.45, 7) is 5.29. The number of nitrogens with zero attached hydrogens (tertiary/aromatic N) is 2. The third kappa shape index (κ3) is 3.62. The van der Waals surface area contributed by atoms with Crippen molar-refractivity contribution in [3.05, 3.63) is 35.4 Å². The number of methoxy groups -OCH3 is 1. The first-order valence-corrected chi connectivity index (χ1v) is 7.91. The van der Waals surface area contributed by atoms with Crippen molar-refractivity contribution in [2.75, 3.05) is 13.7 Å². The number of benzene rings is 1. The molecule has 0 aromatic heterocycles. The summed E-state index contributed by atoms with van der Waals surface area (Å²) in [5.41, 5.74) is 0.491. The predicted octanol–water partition coefficient (Wildman–Crippen LogP) is 1.43. The highest BCUT2D eigenvalue weighted by Crippen LogP contribution is 2.24. The molecule has 8 heteroatoms. The van der Waals surface area contributed by atoms with Gasteiger partial charge in [-0.1, -0.05) is 26.0 Å². The molecule has 25 heavy (non-hydrogen) atoms. The number of esters is 1. The van der Waals surface area contributed by atoms with Crippen LogP contribution in [0, 0.1) is 5.92 Å². The second-order valence-corrected chi connectivity index (χ2v) is 6.14. The Hall–Kier alpha value is -2.90. The number of carbonyl (C=O) groups is 4. The normalized spacial score (nSPS) is 14.4. The topological polar surface area (TPSA) is 96.0 Å². The van der Waals surface area contributed by atoms with Gasteiger partial charge in [0.15, 0.2) is 0 Å². The van der Waals surface area contributed by atoms with Gasteiger partial charge in [-0.2, -0.15) is 5.01 Å². The molecule has 2 rings (SSSR count). The first kappa shape index (κ1) is 18.4. The van der Waals surface area contributed by atoms with Crippen LogP contribution in [-0.2, 0) is 9.53 Å². The van der Waals surface area contributed by atoms with Crippen LogP contribution in [0.5, 0.6) is 0 Å². The molecule has 1 N–H and O–H groups in total. The number of hydrogen-bond acceptors (Lipinski definition) is 5. The zero-order valence-electron chi connectivity index (χ0n) is 14.6. The van der Waals surface area contributed by atoms with Gasteiger partial charge in [0.2, 0.25) is 0 Å². The Bertz CT molecular complexity index is 681. The minimum absolute atomic E-state index is 0.0107. The first-order valence-electron chi connectivity index (χ1n) is 7.91. The van der Waals surface area contributed by atoms with Gasteiger partial charge in [0.1, 0.15) is 6.04 Å². The summed E-state index contributed by atoms with van der Waals surface area (Å²) < 4.78 is 4.57. The third-order valence-corrected chi connectivity index (χ3v) is 3.68. The summed E-state index contributed by atoms with van der Waals surface area (Å²) in [6, 6.07) is 4.75. The lowest BCUT2D eigenvalue weighted by Gasteiger charge is -2.32. The average molecular weight is 347 g/mol. The first-order chi connectivity index (χ1) is 11.8. The largest absolute Gasteiger partial charge is 0.467 e. The standard InChI is InChI=1S/C17H21N3O5/c1-10(2)9-19(17(24)18-11(3)16(23)25-4)20-14(21)12-7-5-6-8-13(12)15(20)22/h5-8,10-11H,9H2,1-4H3,(H,18,24)/t11-/m0/s1. The van der Waals surface area contributed by atoms with Gasteiger partial charge in [0.25, 0.3) is 11.8 Å². The maximum absolute atomic E-state index is 12.6. The molecule has 8 nitrogen and oxygen atoms in total. The molecule has 0 bridgehead atoms. The molecular formula is C17H21N3O5. The molecule has 1 aromatic carbocycles. The van der Waals surface area contributed by atoms with Gasteiger partial charge in [-0.3, -0.25) is 9.59 Å². The molecule has 1 aliphatic rings. The fourth-order valence-corrected chi connectivity index (χ4v) is 2.49. The smallest absolute Gasteiger partial charge is 0.337 e. The van der Waals surface area contributed by atoms with E-state index < -0.39 is 29.9 Å². The molecule has 0 spiro atoms. The lowest BCUT2D eigenvalue weighted by Crippen LogP contribution is -2.56. The fraction of sp³-hybridized carbons (Fsp3) is 0.412. The van der Waals surface area contributed by atoms with Gasteiger partial charge in [0.05, 0.1) is 18.2 Å². The van der Waals surface area contributed by atoms with Crippen molar-refractivity contribution in [3.63, 3.8) is 0 Å². The molecule has 4 amide bonds. The Morgan fingerprint density at radius 3 is 2.08 bits per heavy atom. The molecule has 0 radical (unpaired) electrons. The van der Waals surface area contributed by atoms with Crippen molar-refractivity contribution in [2.45, 2.75) is 26.8 Å². The molecule has 134 valence electrons. The van der Waals surface area contributed by atoms with E-state index in [9.17, 15) is 19.2 Å². The van der Waals surface area contributed by atoms with Gasteiger partial charge in [-0.15, -0.1) is 0 Å². The summed E-state index contributed by atoms with van der Waals surface area (Å²) in [6.07, 6.45) is 0. The number of fused-ring (bicyclic) bond motifs is 1. The van der Waals surface area contributed by atoms with Crippen molar-refractivity contribution in [3.8, 4) is 0 Å². The second-order valence-electron chi connectivity index (χ2n) is 6.14. The quantitative estimate of drug-likeness (QED) is 0.642. The summed E-state index contributed by atoms with van der Waals surface area (Å²) in [5, 5.41) is 4.31. The SMILES string of the molecule is COC(=O)[C@H](C)NC(=O)N(CC(C)C)N1C(=O)c2ccccc2C1=O. The fourth-order valence-electron chi connectivity index (χ4n) is 2.49. The van der Waals surface area contributed by atoms with Gasteiger partial charge in [-0.25, -0.2) is 14.6 Å². The molecule has 0 saturated heterocycles. The number of urea groups is 1. The van der Waals surface area contributed by atoms with E-state index in [2.05, 4.69) is 10.1 Å². The van der Waals surface area contributed by atoms with E-state index in [1.807, 2.05) is 13.8 Å². The Labute approximate surface area is 145 Å². The Balaban J connectivity index is 2.29. The summed E-state index contributed by atoms with van der Waals surface area (Å²) in [7, 11) is 1.21. The number of amides is 4. The van der Waals surface area contributed by atoms with E-state index in [0.29, 0.717) is 0 Å². The van der Waals surface area contributed by atoms with Crippen LogP contribution in [0.25, 0.3) is 0 Å². The molecule has 1 aromatic rings. The Morgan fingerprint density at radius 1 is 1.12 bits per heavy atom. The van der Waals surface area contributed by atoms with E-state index in [-0.39, 0.29) is 23.6 Å². The number of hydrogen-bond donors (Lipinski definition) is 1. The summed E-state index contributed by atoms with van der Waals surface area (Å²) in [4.78, 5) is 49.3. The van der Waals surface area contributed by atoms with Crippen molar-refractivity contribution in [2.24, 2.45) is 5.92 Å². The number of carbonyl (C=O) groups excluding carboxylic acids is 4. The highest BCUT2D eigenvalue weighted by Gasteiger charge is 2.41. The highest BCUT2D eigenvalue weighted by atomic mass is 16.5. The Kier molecular flexibility index (Phi) is 5.41.